The number of halogens is 3. The summed E-state index contributed by atoms with van der Waals surface area (Å²) >= 11 is 0. The van der Waals surface area contributed by atoms with Gasteiger partial charge in [0.25, 0.3) is 0 Å². The third-order valence-corrected chi connectivity index (χ3v) is 1.82. The maximum Gasteiger partial charge on any atom is 0.471 e. The van der Waals surface area contributed by atoms with E-state index in [0.717, 1.165) is 25.7 Å². The van der Waals surface area contributed by atoms with E-state index in [1.54, 1.807) is 0 Å². The molecule has 0 saturated carbocycles. The standard InChI is InChI=1S/C9H16F3NO/c1-2-3-4-5-6-7-13-8(14)9(10,11)12/h2-7H2,1H3,(H,13,14). The highest BCUT2D eigenvalue weighted by Crippen LogP contribution is 2.14. The smallest absolute Gasteiger partial charge is 0.348 e. The van der Waals surface area contributed by atoms with Crippen molar-refractivity contribution in [2.75, 3.05) is 6.54 Å². The second kappa shape index (κ2) is 6.68. The lowest BCUT2D eigenvalue weighted by Crippen LogP contribution is -2.37. The quantitative estimate of drug-likeness (QED) is 0.672. The van der Waals surface area contributed by atoms with E-state index in [9.17, 15) is 18.0 Å². The van der Waals surface area contributed by atoms with E-state index in [1.807, 2.05) is 5.32 Å². The second-order valence-corrected chi connectivity index (χ2v) is 3.17. The predicted molar refractivity (Wildman–Crippen MR) is 47.8 cm³/mol. The molecule has 84 valence electrons. The van der Waals surface area contributed by atoms with E-state index in [-0.39, 0.29) is 6.54 Å². The molecule has 0 saturated heterocycles. The first-order chi connectivity index (χ1) is 6.48. The number of carbonyl (C=O) groups excluding carboxylic acids is 1. The van der Waals surface area contributed by atoms with Crippen LogP contribution >= 0.6 is 0 Å². The number of alkyl halides is 3. The first-order valence-corrected chi connectivity index (χ1v) is 4.83. The van der Waals surface area contributed by atoms with Gasteiger partial charge in [0.2, 0.25) is 0 Å². The molecule has 0 aliphatic rings. The maximum atomic E-state index is 11.7. The Kier molecular flexibility index (Phi) is 6.32. The molecule has 0 aliphatic carbocycles. The lowest BCUT2D eigenvalue weighted by atomic mass is 10.1. The number of carbonyl (C=O) groups is 1. The largest absolute Gasteiger partial charge is 0.471 e. The van der Waals surface area contributed by atoms with Gasteiger partial charge in [-0.3, -0.25) is 4.79 Å². The Balaban J connectivity index is 3.33. The molecule has 5 heteroatoms. The van der Waals surface area contributed by atoms with Gasteiger partial charge >= 0.3 is 12.1 Å². The summed E-state index contributed by atoms with van der Waals surface area (Å²) in [7, 11) is 0. The summed E-state index contributed by atoms with van der Waals surface area (Å²) in [6.07, 6.45) is -0.0717. The van der Waals surface area contributed by atoms with Crippen molar-refractivity contribution in [1.82, 2.24) is 5.32 Å². The summed E-state index contributed by atoms with van der Waals surface area (Å²) in [6.45, 7) is 2.17. The van der Waals surface area contributed by atoms with Gasteiger partial charge in [0.05, 0.1) is 0 Å². The van der Waals surface area contributed by atoms with E-state index in [4.69, 9.17) is 0 Å². The third-order valence-electron chi connectivity index (χ3n) is 1.82. The second-order valence-electron chi connectivity index (χ2n) is 3.17. The van der Waals surface area contributed by atoms with Crippen LogP contribution in [0.3, 0.4) is 0 Å². The van der Waals surface area contributed by atoms with Gasteiger partial charge in [-0.25, -0.2) is 0 Å². The highest BCUT2D eigenvalue weighted by Gasteiger charge is 2.37. The molecule has 0 atom stereocenters. The summed E-state index contributed by atoms with van der Waals surface area (Å²) in [5.41, 5.74) is 0. The summed E-state index contributed by atoms with van der Waals surface area (Å²) in [5.74, 6) is -1.84. The van der Waals surface area contributed by atoms with Gasteiger partial charge in [-0.15, -0.1) is 0 Å². The van der Waals surface area contributed by atoms with Gasteiger partial charge in [0.1, 0.15) is 0 Å². The zero-order valence-electron chi connectivity index (χ0n) is 8.28. The number of rotatable bonds is 6. The molecular weight excluding hydrogens is 195 g/mol. The molecule has 0 bridgehead atoms. The number of hydrogen-bond acceptors (Lipinski definition) is 1. The third kappa shape index (κ3) is 6.74. The minimum absolute atomic E-state index is 0.113. The van der Waals surface area contributed by atoms with E-state index >= 15 is 0 Å². The highest BCUT2D eigenvalue weighted by molar-refractivity contribution is 5.81. The SMILES string of the molecule is CCCCCCCNC(=O)C(F)(F)F. The van der Waals surface area contributed by atoms with Gasteiger partial charge in [-0.1, -0.05) is 32.6 Å². The van der Waals surface area contributed by atoms with Crippen LogP contribution in [0.25, 0.3) is 0 Å². The first-order valence-electron chi connectivity index (χ1n) is 4.83. The van der Waals surface area contributed by atoms with Crippen LogP contribution in [0, 0.1) is 0 Å². The van der Waals surface area contributed by atoms with Gasteiger partial charge in [0.15, 0.2) is 0 Å². The Morgan fingerprint density at radius 3 is 2.21 bits per heavy atom. The fourth-order valence-electron chi connectivity index (χ4n) is 1.03. The van der Waals surface area contributed by atoms with Crippen LogP contribution in [0.5, 0.6) is 0 Å². The summed E-state index contributed by atoms with van der Waals surface area (Å²) < 4.78 is 35.0. The zero-order chi connectivity index (χ0) is 11.0. The van der Waals surface area contributed by atoms with Gasteiger partial charge in [-0.05, 0) is 6.42 Å². The molecule has 0 aromatic heterocycles. The zero-order valence-corrected chi connectivity index (χ0v) is 8.28. The lowest BCUT2D eigenvalue weighted by molar-refractivity contribution is -0.173. The Morgan fingerprint density at radius 1 is 1.14 bits per heavy atom. The normalized spacial score (nSPS) is 11.4. The molecule has 0 spiro atoms. The summed E-state index contributed by atoms with van der Waals surface area (Å²) in [5, 5.41) is 1.84. The Morgan fingerprint density at radius 2 is 1.71 bits per heavy atom. The molecule has 0 fully saturated rings. The number of unbranched alkanes of at least 4 members (excludes halogenated alkanes) is 4. The average molecular weight is 211 g/mol. The Hall–Kier alpha value is -0.740. The Bertz CT molecular complexity index is 168. The summed E-state index contributed by atoms with van der Waals surface area (Å²) in [4.78, 5) is 10.3. The molecule has 0 rings (SSSR count). The number of hydrogen-bond donors (Lipinski definition) is 1. The van der Waals surface area contributed by atoms with Crippen LogP contribution in [0.1, 0.15) is 39.0 Å². The van der Waals surface area contributed by atoms with Gasteiger partial charge in [0, 0.05) is 6.54 Å². The van der Waals surface area contributed by atoms with Crippen molar-refractivity contribution in [2.45, 2.75) is 45.2 Å². The van der Waals surface area contributed by atoms with Crippen molar-refractivity contribution in [1.29, 1.82) is 0 Å². The average Bonchev–Trinajstić information content (AvgIpc) is 2.09. The van der Waals surface area contributed by atoms with Crippen LogP contribution in [0.2, 0.25) is 0 Å². The molecule has 0 radical (unpaired) electrons. The lowest BCUT2D eigenvalue weighted by Gasteiger charge is -2.07. The minimum Gasteiger partial charge on any atom is -0.348 e. The van der Waals surface area contributed by atoms with Crippen molar-refractivity contribution in [3.8, 4) is 0 Å². The summed E-state index contributed by atoms with van der Waals surface area (Å²) in [6, 6.07) is 0. The van der Waals surface area contributed by atoms with Crippen molar-refractivity contribution < 1.29 is 18.0 Å². The van der Waals surface area contributed by atoms with Crippen molar-refractivity contribution in [3.63, 3.8) is 0 Å². The molecular formula is C9H16F3NO. The molecule has 2 nitrogen and oxygen atoms in total. The van der Waals surface area contributed by atoms with Crippen molar-refractivity contribution in [2.24, 2.45) is 0 Å². The monoisotopic (exact) mass is 211 g/mol. The van der Waals surface area contributed by atoms with Crippen molar-refractivity contribution >= 4 is 5.91 Å². The fraction of sp³-hybridized carbons (Fsp3) is 0.889. The first kappa shape index (κ1) is 13.3. The molecule has 1 N–H and O–H groups in total. The molecule has 0 unspecified atom stereocenters. The van der Waals surface area contributed by atoms with Gasteiger partial charge in [-0.2, -0.15) is 13.2 Å². The highest BCUT2D eigenvalue weighted by atomic mass is 19.4. The molecule has 14 heavy (non-hydrogen) atoms. The molecule has 0 aliphatic heterocycles. The van der Waals surface area contributed by atoms with Crippen LogP contribution < -0.4 is 5.32 Å². The minimum atomic E-state index is -4.75. The van der Waals surface area contributed by atoms with Crippen molar-refractivity contribution in [3.05, 3.63) is 0 Å². The molecule has 1 amide bonds. The molecule has 0 aromatic rings. The van der Waals surface area contributed by atoms with Crippen LogP contribution in [0.15, 0.2) is 0 Å². The topological polar surface area (TPSA) is 29.1 Å². The maximum absolute atomic E-state index is 11.7. The van der Waals surface area contributed by atoms with Crippen LogP contribution in [-0.4, -0.2) is 18.6 Å². The number of nitrogens with one attached hydrogen (secondary N) is 1. The molecule has 0 aromatic carbocycles. The van der Waals surface area contributed by atoms with E-state index in [2.05, 4.69) is 6.92 Å². The van der Waals surface area contributed by atoms with Crippen LogP contribution in [-0.2, 0) is 4.79 Å². The number of amides is 1. The van der Waals surface area contributed by atoms with E-state index < -0.39 is 12.1 Å². The van der Waals surface area contributed by atoms with E-state index in [0.29, 0.717) is 6.42 Å². The van der Waals surface area contributed by atoms with Crippen LogP contribution in [0.4, 0.5) is 13.2 Å². The van der Waals surface area contributed by atoms with Gasteiger partial charge < -0.3 is 5.32 Å². The van der Waals surface area contributed by atoms with E-state index in [1.165, 1.54) is 0 Å². The Labute approximate surface area is 81.9 Å². The fourth-order valence-corrected chi connectivity index (χ4v) is 1.03. The predicted octanol–water partition coefficient (Wildman–Crippen LogP) is 2.64. The molecule has 0 heterocycles.